The van der Waals surface area contributed by atoms with Gasteiger partial charge in [-0.15, -0.1) is 0 Å². The van der Waals surface area contributed by atoms with E-state index in [9.17, 15) is 4.79 Å². The van der Waals surface area contributed by atoms with Crippen molar-refractivity contribution < 1.29 is 4.79 Å². The van der Waals surface area contributed by atoms with Crippen LogP contribution in [0.5, 0.6) is 0 Å². The highest BCUT2D eigenvalue weighted by atomic mass is 16.2. The van der Waals surface area contributed by atoms with Crippen LogP contribution in [0.2, 0.25) is 0 Å². The van der Waals surface area contributed by atoms with Crippen molar-refractivity contribution in [2.45, 2.75) is 45.6 Å². The van der Waals surface area contributed by atoms with Gasteiger partial charge in [0.15, 0.2) is 0 Å². The van der Waals surface area contributed by atoms with Gasteiger partial charge in [-0.3, -0.25) is 0 Å². The average Bonchev–Trinajstić information content (AvgIpc) is 3.16. The molecule has 25 heavy (non-hydrogen) atoms. The molecule has 1 saturated carbocycles. The van der Waals surface area contributed by atoms with Crippen molar-refractivity contribution in [1.29, 1.82) is 0 Å². The molecule has 1 heterocycles. The number of carbonyl (C=O) groups is 1. The van der Waals surface area contributed by atoms with Crippen LogP contribution in [0, 0.1) is 0 Å². The normalized spacial score (nSPS) is 18.5. The van der Waals surface area contributed by atoms with Gasteiger partial charge in [-0.1, -0.05) is 12.8 Å². The van der Waals surface area contributed by atoms with E-state index in [-0.39, 0.29) is 6.03 Å². The number of nitrogens with zero attached hydrogens (tertiary/aromatic N) is 3. The topological polar surface area (TPSA) is 38.8 Å². The van der Waals surface area contributed by atoms with Crippen LogP contribution >= 0.6 is 0 Å². The summed E-state index contributed by atoms with van der Waals surface area (Å²) in [7, 11) is 0. The monoisotopic (exact) mass is 344 g/mol. The minimum atomic E-state index is 0.128. The van der Waals surface area contributed by atoms with Crippen LogP contribution in [0.15, 0.2) is 24.3 Å². The van der Waals surface area contributed by atoms with E-state index >= 15 is 0 Å². The van der Waals surface area contributed by atoms with E-state index in [2.05, 4.69) is 53.2 Å². The Hall–Kier alpha value is -1.91. The summed E-state index contributed by atoms with van der Waals surface area (Å²) in [6.45, 7) is 9.86. The third kappa shape index (κ3) is 4.39. The maximum absolute atomic E-state index is 12.4. The highest BCUT2D eigenvalue weighted by Crippen LogP contribution is 2.22. The molecule has 1 aromatic rings. The molecule has 3 rings (SSSR count). The van der Waals surface area contributed by atoms with E-state index in [1.165, 1.54) is 24.2 Å². The molecule has 0 unspecified atom stereocenters. The first-order valence-electron chi connectivity index (χ1n) is 9.86. The number of anilines is 2. The number of amides is 2. The molecule has 0 atom stereocenters. The number of hydrogen-bond acceptors (Lipinski definition) is 3. The Morgan fingerprint density at radius 3 is 2.20 bits per heavy atom. The fourth-order valence-corrected chi connectivity index (χ4v) is 3.97. The van der Waals surface area contributed by atoms with Gasteiger partial charge in [0.2, 0.25) is 0 Å². The largest absolute Gasteiger partial charge is 0.372 e. The summed E-state index contributed by atoms with van der Waals surface area (Å²) in [5.41, 5.74) is 2.54. The van der Waals surface area contributed by atoms with Gasteiger partial charge in [-0.25, -0.2) is 4.79 Å². The maximum Gasteiger partial charge on any atom is 0.317 e. The first-order valence-corrected chi connectivity index (χ1v) is 9.86. The minimum absolute atomic E-state index is 0.128. The number of hydrogen-bond donors (Lipinski definition) is 1. The second kappa shape index (κ2) is 8.45. The van der Waals surface area contributed by atoms with Crippen LogP contribution < -0.4 is 15.1 Å². The van der Waals surface area contributed by atoms with Crippen molar-refractivity contribution in [3.8, 4) is 0 Å². The van der Waals surface area contributed by atoms with Crippen LogP contribution in [0.4, 0.5) is 16.2 Å². The van der Waals surface area contributed by atoms with Gasteiger partial charge in [-0.2, -0.15) is 0 Å². The van der Waals surface area contributed by atoms with Gasteiger partial charge >= 0.3 is 6.03 Å². The smallest absolute Gasteiger partial charge is 0.317 e. The number of piperazine rings is 1. The summed E-state index contributed by atoms with van der Waals surface area (Å²) in [6, 6.07) is 9.37. The van der Waals surface area contributed by atoms with Crippen LogP contribution in [0.1, 0.15) is 39.5 Å². The molecule has 0 bridgehead atoms. The van der Waals surface area contributed by atoms with Crippen molar-refractivity contribution in [3.63, 3.8) is 0 Å². The summed E-state index contributed by atoms with van der Waals surface area (Å²) in [6.07, 6.45) is 4.79. The molecule has 0 radical (unpaired) electrons. The van der Waals surface area contributed by atoms with Crippen LogP contribution in [-0.2, 0) is 0 Å². The molecule has 5 heteroatoms. The van der Waals surface area contributed by atoms with Crippen molar-refractivity contribution >= 4 is 17.4 Å². The highest BCUT2D eigenvalue weighted by Gasteiger charge is 2.24. The molecule has 2 aliphatic rings. The van der Waals surface area contributed by atoms with Crippen molar-refractivity contribution in [3.05, 3.63) is 24.3 Å². The summed E-state index contributed by atoms with van der Waals surface area (Å²) in [4.78, 5) is 19.1. The Kier molecular flexibility index (Phi) is 6.05. The molecule has 0 aromatic heterocycles. The van der Waals surface area contributed by atoms with Crippen LogP contribution in [0.25, 0.3) is 0 Å². The summed E-state index contributed by atoms with van der Waals surface area (Å²) < 4.78 is 0. The van der Waals surface area contributed by atoms with E-state index in [0.717, 1.165) is 52.1 Å². The lowest BCUT2D eigenvalue weighted by Gasteiger charge is -2.36. The van der Waals surface area contributed by atoms with Crippen molar-refractivity contribution in [2.24, 2.45) is 0 Å². The van der Waals surface area contributed by atoms with Gasteiger partial charge in [0.05, 0.1) is 0 Å². The highest BCUT2D eigenvalue weighted by molar-refractivity contribution is 5.75. The Morgan fingerprint density at radius 1 is 1.04 bits per heavy atom. The van der Waals surface area contributed by atoms with E-state index in [4.69, 9.17) is 0 Å². The molecular formula is C20H32N4O. The molecule has 138 valence electrons. The lowest BCUT2D eigenvalue weighted by Crippen LogP contribution is -2.53. The van der Waals surface area contributed by atoms with E-state index in [1.807, 2.05) is 4.90 Å². The van der Waals surface area contributed by atoms with Gasteiger partial charge in [-0.05, 0) is 51.0 Å². The minimum Gasteiger partial charge on any atom is -0.372 e. The molecule has 1 aliphatic heterocycles. The molecule has 1 aromatic carbocycles. The van der Waals surface area contributed by atoms with Crippen LogP contribution in [-0.4, -0.2) is 56.2 Å². The number of nitrogens with one attached hydrogen (secondary N) is 1. The number of rotatable bonds is 5. The Balaban J connectivity index is 1.50. The van der Waals surface area contributed by atoms with Gasteiger partial charge < -0.3 is 20.0 Å². The predicted molar refractivity (Wildman–Crippen MR) is 105 cm³/mol. The Morgan fingerprint density at radius 2 is 1.64 bits per heavy atom. The fraction of sp³-hybridized carbons (Fsp3) is 0.650. The lowest BCUT2D eigenvalue weighted by atomic mass is 10.2. The van der Waals surface area contributed by atoms with Crippen LogP contribution in [0.3, 0.4) is 0 Å². The molecule has 1 aliphatic carbocycles. The molecule has 1 N–H and O–H groups in total. The fourth-order valence-electron chi connectivity index (χ4n) is 3.97. The SMILES string of the molecule is CCN(CC)c1ccc(N2CCN(C(=O)NC3CCCC3)CC2)cc1. The van der Waals surface area contributed by atoms with E-state index in [1.54, 1.807) is 0 Å². The van der Waals surface area contributed by atoms with Gasteiger partial charge in [0.25, 0.3) is 0 Å². The standard InChI is InChI=1S/C20H32N4O/c1-3-22(4-2)18-9-11-19(12-10-18)23-13-15-24(16-14-23)20(25)21-17-7-5-6-8-17/h9-12,17H,3-8,13-16H2,1-2H3,(H,21,25). The molecule has 5 nitrogen and oxygen atoms in total. The van der Waals surface area contributed by atoms with Crippen molar-refractivity contribution in [2.75, 3.05) is 49.1 Å². The molecule has 2 amide bonds. The third-order valence-electron chi connectivity index (χ3n) is 5.59. The quantitative estimate of drug-likeness (QED) is 0.891. The number of benzene rings is 1. The lowest BCUT2D eigenvalue weighted by molar-refractivity contribution is 0.190. The summed E-state index contributed by atoms with van der Waals surface area (Å²) >= 11 is 0. The maximum atomic E-state index is 12.4. The number of carbonyl (C=O) groups excluding carboxylic acids is 1. The van der Waals surface area contributed by atoms with E-state index < -0.39 is 0 Å². The zero-order valence-corrected chi connectivity index (χ0v) is 15.7. The molecular weight excluding hydrogens is 312 g/mol. The molecule has 1 saturated heterocycles. The first-order chi connectivity index (χ1) is 12.2. The Labute approximate surface area is 152 Å². The molecule has 2 fully saturated rings. The first kappa shape index (κ1) is 17.9. The Bertz CT molecular complexity index is 541. The zero-order chi connectivity index (χ0) is 17.6. The second-order valence-electron chi connectivity index (χ2n) is 7.09. The second-order valence-corrected chi connectivity index (χ2v) is 7.09. The molecule has 0 spiro atoms. The summed E-state index contributed by atoms with van der Waals surface area (Å²) in [5.74, 6) is 0. The number of urea groups is 1. The van der Waals surface area contributed by atoms with Crippen molar-refractivity contribution in [1.82, 2.24) is 10.2 Å². The summed E-state index contributed by atoms with van der Waals surface area (Å²) in [5, 5.41) is 3.20. The predicted octanol–water partition coefficient (Wildman–Crippen LogP) is 3.31. The van der Waals surface area contributed by atoms with Gasteiger partial charge in [0.1, 0.15) is 0 Å². The third-order valence-corrected chi connectivity index (χ3v) is 5.59. The van der Waals surface area contributed by atoms with Gasteiger partial charge in [0, 0.05) is 56.7 Å². The van der Waals surface area contributed by atoms with E-state index in [0.29, 0.717) is 6.04 Å². The zero-order valence-electron chi connectivity index (χ0n) is 15.7. The average molecular weight is 345 g/mol.